The third kappa shape index (κ3) is 5.21. The fraction of sp³-hybridized carbons (Fsp3) is 0.400. The zero-order chi connectivity index (χ0) is 22.5. The summed E-state index contributed by atoms with van der Waals surface area (Å²) in [5.41, 5.74) is 0.301. The molecule has 1 aromatic carbocycles. The Morgan fingerprint density at radius 1 is 1.40 bits per heavy atom. The molecule has 2 rings (SSSR count). The van der Waals surface area contributed by atoms with Gasteiger partial charge < -0.3 is 19.7 Å². The second-order valence-corrected chi connectivity index (χ2v) is 8.26. The molecule has 5 heteroatoms. The number of aliphatic hydroxyl groups is 1. The summed E-state index contributed by atoms with van der Waals surface area (Å²) in [5.74, 6) is 2.37. The number of hydrogen-bond donors (Lipinski definition) is 2. The van der Waals surface area contributed by atoms with E-state index in [1.54, 1.807) is 26.2 Å². The van der Waals surface area contributed by atoms with E-state index in [-0.39, 0.29) is 6.10 Å². The average Bonchev–Trinajstić information content (AvgIpc) is 2.68. The van der Waals surface area contributed by atoms with Crippen LogP contribution in [0.25, 0.3) is 0 Å². The Bertz CT molecular complexity index is 916. The van der Waals surface area contributed by atoms with E-state index in [2.05, 4.69) is 5.92 Å². The van der Waals surface area contributed by atoms with Crippen LogP contribution in [0.1, 0.15) is 45.8 Å². The molecule has 5 nitrogen and oxygen atoms in total. The van der Waals surface area contributed by atoms with Crippen LogP contribution in [0.3, 0.4) is 0 Å². The summed E-state index contributed by atoms with van der Waals surface area (Å²) >= 11 is 0. The zero-order valence-electron chi connectivity index (χ0n) is 18.2. The standard InChI is InChI=1S/C25H30O5/c1-7-22(19-9-8-10-20(15-19)29-6)30-21-14-18(3)25(28,24(4,5)16-21)12-11-17(2)13-23(26)27/h1,8-15,21-22,28H,16H2,2-6H3,(H,26,27)/b12-11+,17-13-/t21-,22?,25-/m1/s1. The van der Waals surface area contributed by atoms with Gasteiger partial charge in [-0.05, 0) is 55.2 Å². The summed E-state index contributed by atoms with van der Waals surface area (Å²) in [6.07, 6.45) is 11.7. The highest BCUT2D eigenvalue weighted by atomic mass is 16.5. The maximum atomic E-state index is 11.4. The molecule has 0 amide bonds. The van der Waals surface area contributed by atoms with Gasteiger partial charge in [0.25, 0.3) is 0 Å². The van der Waals surface area contributed by atoms with Crippen molar-refractivity contribution in [1.82, 2.24) is 0 Å². The highest BCUT2D eigenvalue weighted by molar-refractivity contribution is 5.81. The van der Waals surface area contributed by atoms with Gasteiger partial charge in [0.1, 0.15) is 17.5 Å². The molecule has 0 spiro atoms. The zero-order valence-corrected chi connectivity index (χ0v) is 18.2. The molecule has 0 saturated carbocycles. The second kappa shape index (κ2) is 9.34. The Morgan fingerprint density at radius 3 is 2.67 bits per heavy atom. The number of allylic oxidation sites excluding steroid dienone is 2. The van der Waals surface area contributed by atoms with Crippen molar-refractivity contribution in [2.24, 2.45) is 5.41 Å². The molecule has 0 saturated heterocycles. The quantitative estimate of drug-likeness (QED) is 0.301. The van der Waals surface area contributed by atoms with Crippen LogP contribution in [0.5, 0.6) is 5.75 Å². The van der Waals surface area contributed by atoms with Gasteiger partial charge in [0, 0.05) is 11.5 Å². The lowest BCUT2D eigenvalue weighted by molar-refractivity contribution is -0.131. The smallest absolute Gasteiger partial charge is 0.328 e. The molecule has 1 aliphatic rings. The van der Waals surface area contributed by atoms with Crippen LogP contribution in [-0.2, 0) is 9.53 Å². The minimum Gasteiger partial charge on any atom is -0.497 e. The normalized spacial score (nSPS) is 24.8. The van der Waals surface area contributed by atoms with Gasteiger partial charge in [-0.15, -0.1) is 6.42 Å². The summed E-state index contributed by atoms with van der Waals surface area (Å²) < 4.78 is 11.5. The predicted octanol–water partition coefficient (Wildman–Crippen LogP) is 4.45. The summed E-state index contributed by atoms with van der Waals surface area (Å²) in [7, 11) is 1.60. The number of rotatable bonds is 7. The van der Waals surface area contributed by atoms with Crippen molar-refractivity contribution < 1.29 is 24.5 Å². The lowest BCUT2D eigenvalue weighted by atomic mass is 9.64. The van der Waals surface area contributed by atoms with Crippen molar-refractivity contribution in [3.05, 3.63) is 65.3 Å². The number of carboxylic acids is 1. The van der Waals surface area contributed by atoms with E-state index in [4.69, 9.17) is 21.0 Å². The predicted molar refractivity (Wildman–Crippen MR) is 117 cm³/mol. The first-order chi connectivity index (χ1) is 14.0. The highest BCUT2D eigenvalue weighted by Crippen LogP contribution is 2.46. The number of benzene rings is 1. The van der Waals surface area contributed by atoms with E-state index in [0.29, 0.717) is 17.7 Å². The lowest BCUT2D eigenvalue weighted by Gasteiger charge is -2.47. The molecule has 0 fully saturated rings. The Kier molecular flexibility index (Phi) is 7.30. The lowest BCUT2D eigenvalue weighted by Crippen LogP contribution is -2.49. The fourth-order valence-electron chi connectivity index (χ4n) is 3.79. The maximum Gasteiger partial charge on any atom is 0.328 e. The number of carboxylic acid groups (broad SMARTS) is 1. The van der Waals surface area contributed by atoms with Crippen molar-refractivity contribution in [2.45, 2.75) is 51.9 Å². The molecule has 1 aromatic rings. The first kappa shape index (κ1) is 23.5. The van der Waals surface area contributed by atoms with Crippen molar-refractivity contribution in [3.63, 3.8) is 0 Å². The second-order valence-electron chi connectivity index (χ2n) is 8.26. The monoisotopic (exact) mass is 410 g/mol. The van der Waals surface area contributed by atoms with E-state index in [1.807, 2.05) is 51.1 Å². The molecule has 0 radical (unpaired) electrons. The highest BCUT2D eigenvalue weighted by Gasteiger charge is 2.47. The van der Waals surface area contributed by atoms with Gasteiger partial charge in [-0.2, -0.15) is 0 Å². The molecule has 0 bridgehead atoms. The minimum atomic E-state index is -1.23. The van der Waals surface area contributed by atoms with Crippen LogP contribution >= 0.6 is 0 Å². The molecule has 0 heterocycles. The van der Waals surface area contributed by atoms with Crippen molar-refractivity contribution in [2.75, 3.05) is 7.11 Å². The maximum absolute atomic E-state index is 11.4. The fourth-order valence-corrected chi connectivity index (χ4v) is 3.79. The van der Waals surface area contributed by atoms with Crippen LogP contribution in [0, 0.1) is 17.8 Å². The molecule has 3 atom stereocenters. The number of ether oxygens (including phenoxy) is 2. The van der Waals surface area contributed by atoms with Gasteiger partial charge in [-0.3, -0.25) is 0 Å². The molecule has 30 heavy (non-hydrogen) atoms. The number of carbonyl (C=O) groups is 1. The van der Waals surface area contributed by atoms with Crippen molar-refractivity contribution in [3.8, 4) is 18.1 Å². The molecule has 160 valence electrons. The summed E-state index contributed by atoms with van der Waals surface area (Å²) in [6.45, 7) is 7.43. The third-order valence-corrected chi connectivity index (χ3v) is 5.58. The van der Waals surface area contributed by atoms with Crippen LogP contribution < -0.4 is 4.74 Å². The van der Waals surface area contributed by atoms with Crippen LogP contribution in [0.15, 0.2) is 59.7 Å². The Labute approximate surface area is 178 Å². The van der Waals surface area contributed by atoms with Gasteiger partial charge >= 0.3 is 5.97 Å². The largest absolute Gasteiger partial charge is 0.497 e. The van der Waals surface area contributed by atoms with Gasteiger partial charge in [0.05, 0.1) is 13.2 Å². The molecule has 0 aliphatic heterocycles. The SMILES string of the molecule is C#CC(O[C@@H]1C=C(C)[C@](O)(/C=C/C(C)=C\C(=O)O)C(C)(C)C1)c1cccc(OC)c1. The average molecular weight is 411 g/mol. The number of hydrogen-bond acceptors (Lipinski definition) is 4. The summed E-state index contributed by atoms with van der Waals surface area (Å²) in [6, 6.07) is 7.46. The third-order valence-electron chi connectivity index (χ3n) is 5.58. The Morgan fingerprint density at radius 2 is 2.10 bits per heavy atom. The first-order valence-electron chi connectivity index (χ1n) is 9.79. The number of methoxy groups -OCH3 is 1. The summed E-state index contributed by atoms with van der Waals surface area (Å²) in [5, 5.41) is 20.3. The van der Waals surface area contributed by atoms with E-state index in [1.165, 1.54) is 0 Å². The minimum absolute atomic E-state index is 0.281. The topological polar surface area (TPSA) is 76.0 Å². The van der Waals surface area contributed by atoms with Crippen LogP contribution in [-0.4, -0.2) is 35.0 Å². The van der Waals surface area contributed by atoms with E-state index in [0.717, 1.165) is 17.2 Å². The van der Waals surface area contributed by atoms with Crippen molar-refractivity contribution in [1.29, 1.82) is 0 Å². The Balaban J connectivity index is 2.28. The van der Waals surface area contributed by atoms with Gasteiger partial charge in [0.15, 0.2) is 0 Å². The number of aliphatic carboxylic acids is 1. The first-order valence-corrected chi connectivity index (χ1v) is 9.79. The van der Waals surface area contributed by atoms with Crippen LogP contribution in [0.4, 0.5) is 0 Å². The van der Waals surface area contributed by atoms with Gasteiger partial charge in [-0.1, -0.05) is 44.1 Å². The molecular weight excluding hydrogens is 380 g/mol. The van der Waals surface area contributed by atoms with E-state index < -0.39 is 23.1 Å². The molecule has 0 aromatic heterocycles. The molecular formula is C25H30O5. The van der Waals surface area contributed by atoms with Gasteiger partial charge in [0.2, 0.25) is 0 Å². The van der Waals surface area contributed by atoms with Gasteiger partial charge in [-0.25, -0.2) is 4.79 Å². The van der Waals surface area contributed by atoms with E-state index >= 15 is 0 Å². The number of terminal acetylenes is 1. The molecule has 1 unspecified atom stereocenters. The van der Waals surface area contributed by atoms with Crippen LogP contribution in [0.2, 0.25) is 0 Å². The molecule has 2 N–H and O–H groups in total. The van der Waals surface area contributed by atoms with Crippen molar-refractivity contribution >= 4 is 5.97 Å². The Hall–Kier alpha value is -2.81. The summed E-state index contributed by atoms with van der Waals surface area (Å²) in [4.78, 5) is 10.8. The molecule has 1 aliphatic carbocycles. The van der Waals surface area contributed by atoms with E-state index in [9.17, 15) is 9.90 Å².